The van der Waals surface area contributed by atoms with Crippen LogP contribution in [0.1, 0.15) is 50.5 Å². The second kappa shape index (κ2) is 8.84. The first-order valence-corrected chi connectivity index (χ1v) is 11.5. The van der Waals surface area contributed by atoms with Gasteiger partial charge in [0, 0.05) is 18.0 Å². The average Bonchev–Trinajstić information content (AvgIpc) is 3.30. The number of hydrogen-bond donors (Lipinski definition) is 0. The minimum atomic E-state index is -0.0727. The van der Waals surface area contributed by atoms with Crippen molar-refractivity contribution in [2.24, 2.45) is 4.99 Å². The maximum Gasteiger partial charge on any atom is 0.179 e. The summed E-state index contributed by atoms with van der Waals surface area (Å²) in [6.07, 6.45) is 2.90. The first-order valence-electron chi connectivity index (χ1n) is 10.2. The molecule has 0 N–H and O–H groups in total. The number of aromatic nitrogens is 1. The first kappa shape index (κ1) is 20.4. The van der Waals surface area contributed by atoms with E-state index in [9.17, 15) is 0 Å². The Morgan fingerprint density at radius 2 is 2.00 bits per heavy atom. The van der Waals surface area contributed by atoms with Crippen LogP contribution in [-0.2, 0) is 0 Å². The van der Waals surface area contributed by atoms with Gasteiger partial charge < -0.3 is 14.4 Å². The smallest absolute Gasteiger partial charge is 0.179 e. The van der Waals surface area contributed by atoms with Gasteiger partial charge in [0.1, 0.15) is 6.04 Å². The van der Waals surface area contributed by atoms with Crippen molar-refractivity contribution in [2.75, 3.05) is 19.0 Å². The van der Waals surface area contributed by atoms with Crippen molar-refractivity contribution in [1.29, 1.82) is 0 Å². The van der Waals surface area contributed by atoms with Crippen molar-refractivity contribution in [1.82, 2.24) is 9.88 Å². The lowest BCUT2D eigenvalue weighted by atomic mass is 9.95. The van der Waals surface area contributed by atoms with Crippen molar-refractivity contribution in [2.45, 2.75) is 45.3 Å². The minimum Gasteiger partial charge on any atom is -0.490 e. The normalized spacial score (nSPS) is 23.1. The Balaban J connectivity index is 1.81. The molecule has 29 heavy (non-hydrogen) atoms. The van der Waals surface area contributed by atoms with E-state index in [1.807, 2.05) is 50.0 Å². The zero-order valence-corrected chi connectivity index (χ0v) is 18.5. The quantitative estimate of drug-likeness (QED) is 0.578. The van der Waals surface area contributed by atoms with Gasteiger partial charge in [0.2, 0.25) is 0 Å². The molecule has 2 aliphatic heterocycles. The van der Waals surface area contributed by atoms with Gasteiger partial charge in [-0.05, 0) is 50.1 Å². The molecule has 0 spiro atoms. The van der Waals surface area contributed by atoms with Crippen molar-refractivity contribution in [3.05, 3.63) is 52.8 Å². The number of rotatable bonds is 7. The Morgan fingerprint density at radius 1 is 1.17 bits per heavy atom. The highest BCUT2D eigenvalue weighted by Gasteiger charge is 2.45. The largest absolute Gasteiger partial charge is 0.490 e. The van der Waals surface area contributed by atoms with E-state index in [4.69, 9.17) is 26.1 Å². The third-order valence-corrected chi connectivity index (χ3v) is 6.70. The number of nitrogens with zero attached hydrogens (tertiary/aromatic N) is 3. The highest BCUT2D eigenvalue weighted by Crippen LogP contribution is 2.50. The molecule has 0 radical (unpaired) electrons. The second-order valence-corrected chi connectivity index (χ2v) is 8.43. The number of aliphatic imine (C=N–C) groups is 1. The van der Waals surface area contributed by atoms with Gasteiger partial charge in [-0.3, -0.25) is 9.98 Å². The Kier molecular flexibility index (Phi) is 6.20. The van der Waals surface area contributed by atoms with Crippen LogP contribution in [0.3, 0.4) is 0 Å². The molecule has 7 heteroatoms. The van der Waals surface area contributed by atoms with E-state index in [2.05, 4.69) is 28.9 Å². The fraction of sp³-hybridized carbons (Fsp3) is 0.455. The standard InChI is InChI=1S/C22H26ClN3O2S/c1-4-15-13-29-22-25-19(17-9-7-8-10-24-17)20(26(15)22)14-11-16(23)21(28-6-3)18(12-14)27-5-2/h7-12,15,19-20H,4-6,13H2,1-3H3/t15-,19+,20+/m1/s1. The second-order valence-electron chi connectivity index (χ2n) is 7.03. The molecule has 0 unspecified atom stereocenters. The predicted octanol–water partition coefficient (Wildman–Crippen LogP) is 5.51. The van der Waals surface area contributed by atoms with Crippen LogP contribution in [0.4, 0.5) is 0 Å². The molecule has 2 aliphatic rings. The molecule has 1 aromatic heterocycles. The highest BCUT2D eigenvalue weighted by molar-refractivity contribution is 8.14. The molecule has 5 nitrogen and oxygen atoms in total. The molecule has 0 amide bonds. The number of amidine groups is 1. The third-order valence-electron chi connectivity index (χ3n) is 5.29. The van der Waals surface area contributed by atoms with Gasteiger partial charge in [-0.2, -0.15) is 0 Å². The number of ether oxygens (including phenoxy) is 2. The molecule has 1 aromatic carbocycles. The molecular weight excluding hydrogens is 406 g/mol. The third kappa shape index (κ3) is 3.80. The van der Waals surface area contributed by atoms with Gasteiger partial charge in [-0.25, -0.2) is 0 Å². The summed E-state index contributed by atoms with van der Waals surface area (Å²) >= 11 is 8.48. The van der Waals surface area contributed by atoms with Crippen molar-refractivity contribution in [3.63, 3.8) is 0 Å². The summed E-state index contributed by atoms with van der Waals surface area (Å²) in [4.78, 5) is 12.1. The molecule has 154 valence electrons. The Bertz CT molecular complexity index is 893. The lowest BCUT2D eigenvalue weighted by molar-refractivity contribution is 0.252. The van der Waals surface area contributed by atoms with Gasteiger partial charge in [-0.1, -0.05) is 36.4 Å². The zero-order valence-electron chi connectivity index (χ0n) is 17.0. The monoisotopic (exact) mass is 431 g/mol. The van der Waals surface area contributed by atoms with E-state index in [-0.39, 0.29) is 12.1 Å². The van der Waals surface area contributed by atoms with E-state index in [0.717, 1.165) is 28.6 Å². The molecule has 1 saturated heterocycles. The fourth-order valence-electron chi connectivity index (χ4n) is 4.02. The molecular formula is C22H26ClN3O2S. The van der Waals surface area contributed by atoms with E-state index < -0.39 is 0 Å². The summed E-state index contributed by atoms with van der Waals surface area (Å²) in [6, 6.07) is 10.5. The maximum absolute atomic E-state index is 6.65. The van der Waals surface area contributed by atoms with Gasteiger partial charge in [0.15, 0.2) is 16.7 Å². The summed E-state index contributed by atoms with van der Waals surface area (Å²) in [6.45, 7) is 7.23. The number of hydrogen-bond acceptors (Lipinski definition) is 6. The number of benzene rings is 1. The Morgan fingerprint density at radius 3 is 2.69 bits per heavy atom. The van der Waals surface area contributed by atoms with Crippen LogP contribution < -0.4 is 9.47 Å². The van der Waals surface area contributed by atoms with Crippen LogP contribution in [0, 0.1) is 0 Å². The topological polar surface area (TPSA) is 47.0 Å². The van der Waals surface area contributed by atoms with Crippen molar-refractivity contribution in [3.8, 4) is 11.5 Å². The van der Waals surface area contributed by atoms with Crippen LogP contribution in [0.2, 0.25) is 5.02 Å². The Labute approximate surface area is 181 Å². The van der Waals surface area contributed by atoms with Crippen LogP contribution in [0.25, 0.3) is 0 Å². The maximum atomic E-state index is 6.65. The van der Waals surface area contributed by atoms with Crippen LogP contribution in [-0.4, -0.2) is 40.1 Å². The van der Waals surface area contributed by atoms with Crippen LogP contribution in [0.5, 0.6) is 11.5 Å². The summed E-state index contributed by atoms with van der Waals surface area (Å²) in [5.41, 5.74) is 2.05. The van der Waals surface area contributed by atoms with Crippen LogP contribution >= 0.6 is 23.4 Å². The lowest BCUT2D eigenvalue weighted by Crippen LogP contribution is -2.35. The van der Waals surface area contributed by atoms with Crippen molar-refractivity contribution < 1.29 is 9.47 Å². The molecule has 2 aromatic rings. The molecule has 0 bridgehead atoms. The van der Waals surface area contributed by atoms with Crippen LogP contribution in [0.15, 0.2) is 41.5 Å². The SMILES string of the molecule is CCOc1cc([C@H]2[C@H](c3ccccn3)N=C3SC[C@@H](CC)N32)cc(Cl)c1OCC. The van der Waals surface area contributed by atoms with Gasteiger partial charge in [0.25, 0.3) is 0 Å². The lowest BCUT2D eigenvalue weighted by Gasteiger charge is -2.32. The summed E-state index contributed by atoms with van der Waals surface area (Å²) in [7, 11) is 0. The summed E-state index contributed by atoms with van der Waals surface area (Å²) < 4.78 is 11.7. The number of pyridine rings is 1. The van der Waals surface area contributed by atoms with E-state index in [1.165, 1.54) is 0 Å². The molecule has 0 aliphatic carbocycles. The van der Waals surface area contributed by atoms with Crippen molar-refractivity contribution >= 4 is 28.5 Å². The number of halogens is 1. The highest BCUT2D eigenvalue weighted by atomic mass is 35.5. The van der Waals surface area contributed by atoms with Gasteiger partial charge in [-0.15, -0.1) is 0 Å². The van der Waals surface area contributed by atoms with E-state index in [0.29, 0.717) is 35.8 Å². The average molecular weight is 432 g/mol. The Hall–Kier alpha value is -1.92. The summed E-state index contributed by atoms with van der Waals surface area (Å²) in [5.74, 6) is 2.35. The molecule has 3 heterocycles. The molecule has 4 rings (SSSR count). The van der Waals surface area contributed by atoms with E-state index in [1.54, 1.807) is 0 Å². The molecule has 3 atom stereocenters. The summed E-state index contributed by atoms with van der Waals surface area (Å²) in [5, 5.41) is 1.67. The van der Waals surface area contributed by atoms with E-state index >= 15 is 0 Å². The molecule has 1 fully saturated rings. The molecule has 0 saturated carbocycles. The number of thioether (sulfide) groups is 1. The minimum absolute atomic E-state index is 0.0345. The predicted molar refractivity (Wildman–Crippen MR) is 119 cm³/mol. The first-order chi connectivity index (χ1) is 14.2. The fourth-order valence-corrected chi connectivity index (χ4v) is 5.63. The van der Waals surface area contributed by atoms with Gasteiger partial charge >= 0.3 is 0 Å². The van der Waals surface area contributed by atoms with Gasteiger partial charge in [0.05, 0.1) is 30.0 Å². The number of fused-ring (bicyclic) bond motifs is 1. The zero-order chi connectivity index (χ0) is 20.4.